The van der Waals surface area contributed by atoms with Crippen LogP contribution in [0.2, 0.25) is 0 Å². The van der Waals surface area contributed by atoms with Crippen molar-refractivity contribution in [2.24, 2.45) is 5.92 Å². The van der Waals surface area contributed by atoms with E-state index in [1.54, 1.807) is 6.07 Å². The van der Waals surface area contributed by atoms with E-state index in [0.717, 1.165) is 42.1 Å². The van der Waals surface area contributed by atoms with Crippen LogP contribution in [0.25, 0.3) is 0 Å². The van der Waals surface area contributed by atoms with E-state index in [-0.39, 0.29) is 24.9 Å². The summed E-state index contributed by atoms with van der Waals surface area (Å²) in [6.07, 6.45) is 0.848. The zero-order valence-electron chi connectivity index (χ0n) is 16.0. The monoisotopic (exact) mass is 383 g/mol. The molecule has 148 valence electrons. The van der Waals surface area contributed by atoms with Crippen LogP contribution in [0.1, 0.15) is 30.4 Å². The second-order valence-electron chi connectivity index (χ2n) is 7.51. The molecular formula is C22H25NO5. The van der Waals surface area contributed by atoms with Crippen LogP contribution < -0.4 is 14.2 Å². The Morgan fingerprint density at radius 2 is 1.75 bits per heavy atom. The number of ether oxygens (including phenoxy) is 4. The third-order valence-corrected chi connectivity index (χ3v) is 6.03. The first-order valence-electron chi connectivity index (χ1n) is 9.96. The average Bonchev–Trinajstić information content (AvgIpc) is 3.19. The van der Waals surface area contributed by atoms with Crippen molar-refractivity contribution < 1.29 is 24.1 Å². The van der Waals surface area contributed by atoms with Crippen LogP contribution in [-0.2, 0) is 4.74 Å². The normalized spacial score (nSPS) is 26.5. The molecular weight excluding hydrogens is 358 g/mol. The number of phenols is 1. The quantitative estimate of drug-likeness (QED) is 0.877. The van der Waals surface area contributed by atoms with E-state index in [0.29, 0.717) is 24.7 Å². The summed E-state index contributed by atoms with van der Waals surface area (Å²) in [5.74, 6) is 2.78. The van der Waals surface area contributed by atoms with Crippen LogP contribution in [0, 0.1) is 5.92 Å². The molecule has 3 heterocycles. The van der Waals surface area contributed by atoms with Crippen LogP contribution in [0.15, 0.2) is 36.4 Å². The second-order valence-corrected chi connectivity index (χ2v) is 7.51. The fraction of sp³-hybridized carbons (Fsp3) is 0.455. The van der Waals surface area contributed by atoms with E-state index >= 15 is 0 Å². The van der Waals surface area contributed by atoms with Gasteiger partial charge in [-0.1, -0.05) is 25.1 Å². The summed E-state index contributed by atoms with van der Waals surface area (Å²) in [6.45, 7) is 5.52. The van der Waals surface area contributed by atoms with E-state index < -0.39 is 0 Å². The van der Waals surface area contributed by atoms with Crippen molar-refractivity contribution in [2.75, 3.05) is 33.1 Å². The van der Waals surface area contributed by atoms with Crippen molar-refractivity contribution in [1.82, 2.24) is 4.90 Å². The van der Waals surface area contributed by atoms with E-state index in [2.05, 4.69) is 11.8 Å². The first kappa shape index (κ1) is 17.6. The van der Waals surface area contributed by atoms with Crippen molar-refractivity contribution in [3.63, 3.8) is 0 Å². The fourth-order valence-electron chi connectivity index (χ4n) is 4.66. The molecule has 1 N–H and O–H groups in total. The molecule has 3 atom stereocenters. The molecule has 1 fully saturated rings. The lowest BCUT2D eigenvalue weighted by Gasteiger charge is -2.45. The molecule has 6 nitrogen and oxygen atoms in total. The lowest BCUT2D eigenvalue weighted by atomic mass is 9.75. The largest absolute Gasteiger partial charge is 0.508 e. The van der Waals surface area contributed by atoms with Gasteiger partial charge in [-0.25, -0.2) is 0 Å². The Hall–Kier alpha value is -2.44. The predicted molar refractivity (Wildman–Crippen MR) is 103 cm³/mol. The number of para-hydroxylation sites is 1. The zero-order valence-corrected chi connectivity index (χ0v) is 16.0. The fourth-order valence-corrected chi connectivity index (χ4v) is 4.66. The molecule has 5 rings (SSSR count). The van der Waals surface area contributed by atoms with Gasteiger partial charge in [0, 0.05) is 42.1 Å². The van der Waals surface area contributed by atoms with Gasteiger partial charge < -0.3 is 24.1 Å². The molecule has 2 aromatic carbocycles. The van der Waals surface area contributed by atoms with Crippen molar-refractivity contribution in [2.45, 2.75) is 25.5 Å². The topological polar surface area (TPSA) is 60.4 Å². The van der Waals surface area contributed by atoms with Crippen molar-refractivity contribution in [3.05, 3.63) is 47.5 Å². The van der Waals surface area contributed by atoms with Crippen molar-refractivity contribution in [3.8, 4) is 23.0 Å². The molecule has 28 heavy (non-hydrogen) atoms. The van der Waals surface area contributed by atoms with Gasteiger partial charge in [-0.2, -0.15) is 0 Å². The van der Waals surface area contributed by atoms with Crippen LogP contribution in [0.3, 0.4) is 0 Å². The number of fused-ring (bicyclic) bond motifs is 2. The van der Waals surface area contributed by atoms with Gasteiger partial charge >= 0.3 is 0 Å². The first-order valence-corrected chi connectivity index (χ1v) is 9.96. The summed E-state index contributed by atoms with van der Waals surface area (Å²) >= 11 is 0. The number of aromatic hydroxyl groups is 1. The highest BCUT2D eigenvalue weighted by Gasteiger charge is 2.43. The molecule has 0 saturated carbocycles. The van der Waals surface area contributed by atoms with Gasteiger partial charge in [0.25, 0.3) is 0 Å². The summed E-state index contributed by atoms with van der Waals surface area (Å²) in [5, 5.41) is 10.7. The molecule has 0 radical (unpaired) electrons. The summed E-state index contributed by atoms with van der Waals surface area (Å²) < 4.78 is 23.3. The molecule has 3 aliphatic heterocycles. The van der Waals surface area contributed by atoms with Gasteiger partial charge in [0.2, 0.25) is 6.79 Å². The molecule has 0 spiro atoms. The number of hydrogen-bond donors (Lipinski definition) is 1. The Morgan fingerprint density at radius 3 is 2.50 bits per heavy atom. The maximum atomic E-state index is 10.7. The minimum Gasteiger partial charge on any atom is -0.508 e. The molecule has 2 aromatic rings. The van der Waals surface area contributed by atoms with Gasteiger partial charge in [-0.3, -0.25) is 4.90 Å². The van der Waals surface area contributed by atoms with Crippen LogP contribution >= 0.6 is 0 Å². The standard InChI is InChI=1S/C22H25NO5/c1-2-14-21(15-5-3-4-6-17(15)24)16-11-19-20(27-13-26-19)12-18(16)28-22(14)23-7-9-25-10-8-23/h3-6,11-12,14,21-22,24H,2,7-10,13H2,1H3/t14-,21+,22-/m0/s1. The van der Waals surface area contributed by atoms with E-state index in [1.807, 2.05) is 30.3 Å². The number of morpholine rings is 1. The Morgan fingerprint density at radius 1 is 1.00 bits per heavy atom. The number of phenolic OH excluding ortho intramolecular Hbond substituents is 1. The third-order valence-electron chi connectivity index (χ3n) is 6.03. The van der Waals surface area contributed by atoms with Gasteiger partial charge in [0.15, 0.2) is 17.7 Å². The Kier molecular flexibility index (Phi) is 4.53. The zero-order chi connectivity index (χ0) is 19.1. The number of nitrogens with zero attached hydrogens (tertiary/aromatic N) is 1. The van der Waals surface area contributed by atoms with Crippen molar-refractivity contribution >= 4 is 0 Å². The number of hydrogen-bond acceptors (Lipinski definition) is 6. The molecule has 0 aromatic heterocycles. The Bertz CT molecular complexity index is 864. The maximum absolute atomic E-state index is 10.7. The molecule has 3 aliphatic rings. The molecule has 0 bridgehead atoms. The molecule has 1 saturated heterocycles. The maximum Gasteiger partial charge on any atom is 0.231 e. The van der Waals surface area contributed by atoms with E-state index in [4.69, 9.17) is 18.9 Å². The predicted octanol–water partition coefficient (Wildman–Crippen LogP) is 3.33. The van der Waals surface area contributed by atoms with E-state index in [1.165, 1.54) is 0 Å². The lowest BCUT2D eigenvalue weighted by molar-refractivity contribution is -0.0831. The highest BCUT2D eigenvalue weighted by molar-refractivity contribution is 5.57. The van der Waals surface area contributed by atoms with E-state index in [9.17, 15) is 5.11 Å². The van der Waals surface area contributed by atoms with Gasteiger partial charge in [-0.05, 0) is 18.6 Å². The molecule has 0 amide bonds. The Balaban J connectivity index is 1.64. The Labute approximate surface area is 164 Å². The first-order chi connectivity index (χ1) is 13.8. The minimum absolute atomic E-state index is 0.0114. The summed E-state index contributed by atoms with van der Waals surface area (Å²) in [6, 6.07) is 11.6. The van der Waals surface area contributed by atoms with Crippen LogP contribution in [0.4, 0.5) is 0 Å². The van der Waals surface area contributed by atoms with Gasteiger partial charge in [0.1, 0.15) is 11.5 Å². The van der Waals surface area contributed by atoms with Gasteiger partial charge in [-0.15, -0.1) is 0 Å². The summed E-state index contributed by atoms with van der Waals surface area (Å²) in [4.78, 5) is 2.36. The molecule has 0 aliphatic carbocycles. The second kappa shape index (κ2) is 7.18. The van der Waals surface area contributed by atoms with Gasteiger partial charge in [0.05, 0.1) is 13.2 Å². The minimum atomic E-state index is -0.0774. The third kappa shape index (κ3) is 2.88. The van der Waals surface area contributed by atoms with Crippen LogP contribution in [-0.4, -0.2) is 49.3 Å². The number of benzene rings is 2. The highest BCUT2D eigenvalue weighted by Crippen LogP contribution is 2.51. The summed E-state index contributed by atoms with van der Waals surface area (Å²) in [5.41, 5.74) is 1.97. The lowest BCUT2D eigenvalue weighted by Crippen LogP contribution is -2.52. The van der Waals surface area contributed by atoms with Crippen molar-refractivity contribution in [1.29, 1.82) is 0 Å². The molecule has 0 unspecified atom stereocenters. The highest BCUT2D eigenvalue weighted by atomic mass is 16.7. The van der Waals surface area contributed by atoms with Crippen LogP contribution in [0.5, 0.6) is 23.0 Å². The average molecular weight is 383 g/mol. The summed E-state index contributed by atoms with van der Waals surface area (Å²) in [7, 11) is 0. The molecule has 6 heteroatoms. The smallest absolute Gasteiger partial charge is 0.231 e. The number of rotatable bonds is 3. The SMILES string of the molecule is CC[C@H]1[C@H](c2ccccc2O)c2cc3c(cc2O[C@@H]1N1CCOCC1)OCO3.